The fraction of sp³-hybridized carbons (Fsp3) is 0.882. The van der Waals surface area contributed by atoms with Crippen molar-refractivity contribution in [1.82, 2.24) is 25.3 Å². The summed E-state index contributed by atoms with van der Waals surface area (Å²) in [5.74, 6) is 0.716. The molecule has 142 valence electrons. The topological polar surface area (TPSA) is 72.4 Å². The molecule has 0 aromatic carbocycles. The summed E-state index contributed by atoms with van der Waals surface area (Å²) in [5.41, 5.74) is 0. The summed E-state index contributed by atoms with van der Waals surface area (Å²) in [6.07, 6.45) is 2.46. The lowest BCUT2D eigenvalue weighted by Gasteiger charge is -2.47. The third-order valence-corrected chi connectivity index (χ3v) is 5.29. The smallest absolute Gasteiger partial charge is 0.243 e. The van der Waals surface area contributed by atoms with Crippen molar-refractivity contribution >= 4 is 11.9 Å². The van der Waals surface area contributed by atoms with Crippen molar-refractivity contribution in [3.63, 3.8) is 0 Å². The van der Waals surface area contributed by atoms with Gasteiger partial charge < -0.3 is 20.3 Å². The van der Waals surface area contributed by atoms with Crippen LogP contribution in [0.3, 0.4) is 0 Å². The highest BCUT2D eigenvalue weighted by Gasteiger charge is 2.31. The molecule has 2 atom stereocenters. The highest BCUT2D eigenvalue weighted by atomic mass is 16.5. The first-order valence-electron chi connectivity index (χ1n) is 9.42. The zero-order valence-corrected chi connectivity index (χ0v) is 15.5. The summed E-state index contributed by atoms with van der Waals surface area (Å²) >= 11 is 0. The van der Waals surface area contributed by atoms with Gasteiger partial charge in [-0.1, -0.05) is 0 Å². The predicted octanol–water partition coefficient (Wildman–Crippen LogP) is -1.21. The maximum atomic E-state index is 11.8. The van der Waals surface area contributed by atoms with Crippen LogP contribution in [-0.4, -0.2) is 112 Å². The van der Waals surface area contributed by atoms with E-state index in [1.165, 1.54) is 13.1 Å². The molecule has 8 nitrogen and oxygen atoms in total. The quantitative estimate of drug-likeness (QED) is 0.462. The summed E-state index contributed by atoms with van der Waals surface area (Å²) in [6, 6.07) is 0.516. The van der Waals surface area contributed by atoms with Crippen LogP contribution in [0.15, 0.2) is 4.99 Å². The van der Waals surface area contributed by atoms with Gasteiger partial charge >= 0.3 is 0 Å². The number of carbonyl (C=O) groups is 1. The third-order valence-electron chi connectivity index (χ3n) is 5.29. The van der Waals surface area contributed by atoms with Gasteiger partial charge in [-0.2, -0.15) is 0 Å². The maximum absolute atomic E-state index is 11.8. The molecule has 2 unspecified atom stereocenters. The normalized spacial score (nSPS) is 31.8. The molecular formula is C17H32N6O2. The summed E-state index contributed by atoms with van der Waals surface area (Å²) < 4.78 is 5.67. The van der Waals surface area contributed by atoms with Crippen LogP contribution < -0.4 is 10.6 Å². The third kappa shape index (κ3) is 5.29. The van der Waals surface area contributed by atoms with E-state index < -0.39 is 0 Å². The van der Waals surface area contributed by atoms with Gasteiger partial charge in [-0.3, -0.25) is 14.6 Å². The number of guanidine groups is 1. The second-order valence-corrected chi connectivity index (χ2v) is 7.34. The molecule has 2 N–H and O–H groups in total. The van der Waals surface area contributed by atoms with E-state index in [-0.39, 0.29) is 18.6 Å². The Morgan fingerprint density at radius 3 is 2.56 bits per heavy atom. The van der Waals surface area contributed by atoms with E-state index in [2.05, 4.69) is 25.4 Å². The number of carbonyl (C=O) groups excluding carboxylic acids is 1. The number of amides is 1. The van der Waals surface area contributed by atoms with Crippen molar-refractivity contribution in [3.05, 3.63) is 0 Å². The number of ether oxygens (including phenoxy) is 1. The summed E-state index contributed by atoms with van der Waals surface area (Å²) in [4.78, 5) is 23.0. The molecule has 0 aromatic heterocycles. The number of nitrogens with zero attached hydrogens (tertiary/aromatic N) is 4. The lowest BCUT2D eigenvalue weighted by molar-refractivity contribution is -0.127. The predicted molar refractivity (Wildman–Crippen MR) is 97.8 cm³/mol. The Balaban J connectivity index is 1.51. The first-order valence-corrected chi connectivity index (χ1v) is 9.42. The fourth-order valence-corrected chi connectivity index (χ4v) is 3.61. The molecule has 0 spiro atoms. The van der Waals surface area contributed by atoms with Crippen LogP contribution in [0.4, 0.5) is 0 Å². The van der Waals surface area contributed by atoms with Crippen LogP contribution in [0.25, 0.3) is 0 Å². The lowest BCUT2D eigenvalue weighted by Crippen LogP contribution is -2.64. The van der Waals surface area contributed by atoms with Crippen LogP contribution in [-0.2, 0) is 9.53 Å². The molecule has 4 aliphatic heterocycles. The van der Waals surface area contributed by atoms with Gasteiger partial charge in [0.1, 0.15) is 6.54 Å². The molecule has 1 amide bonds. The maximum Gasteiger partial charge on any atom is 0.243 e. The minimum absolute atomic E-state index is 0.00445. The fourth-order valence-electron chi connectivity index (χ4n) is 3.61. The lowest BCUT2D eigenvalue weighted by atomic mass is 10.1. The number of hydrogen-bond donors (Lipinski definition) is 2. The average molecular weight is 352 g/mol. The zero-order chi connectivity index (χ0) is 17.6. The standard InChI is InChI=1S/C17H32N6O2/c1-21(2)16(24)12-20-17(19-11-15-4-3-9-25-15)18-10-14-13-22-5-7-23(14)8-6-22/h14-15H,3-13H2,1-2H3,(H2,18,19,20). The zero-order valence-electron chi connectivity index (χ0n) is 15.5. The first-order chi connectivity index (χ1) is 12.1. The highest BCUT2D eigenvalue weighted by molar-refractivity contribution is 5.84. The molecule has 0 aromatic rings. The molecule has 0 saturated carbocycles. The number of hydrogen-bond acceptors (Lipinski definition) is 5. The number of likely N-dealkylation sites (N-methyl/N-ethyl adjacent to an activating group) is 1. The number of aliphatic imine (C=N–C) groups is 1. The molecule has 4 saturated heterocycles. The van der Waals surface area contributed by atoms with Crippen molar-refractivity contribution in [2.45, 2.75) is 25.0 Å². The van der Waals surface area contributed by atoms with E-state index in [1.807, 2.05) is 0 Å². The molecule has 0 aliphatic carbocycles. The van der Waals surface area contributed by atoms with Crippen LogP contribution in [0.1, 0.15) is 12.8 Å². The molecule has 4 heterocycles. The summed E-state index contributed by atoms with van der Waals surface area (Å²) in [6.45, 7) is 8.39. The van der Waals surface area contributed by atoms with Gasteiger partial charge in [0.15, 0.2) is 5.96 Å². The minimum atomic E-state index is 0.00445. The van der Waals surface area contributed by atoms with E-state index in [1.54, 1.807) is 19.0 Å². The molecule has 4 fully saturated rings. The molecular weight excluding hydrogens is 320 g/mol. The van der Waals surface area contributed by atoms with Crippen molar-refractivity contribution in [3.8, 4) is 0 Å². The summed E-state index contributed by atoms with van der Waals surface area (Å²) in [5, 5.41) is 6.79. The Morgan fingerprint density at radius 1 is 1.20 bits per heavy atom. The number of rotatable bonds is 6. The van der Waals surface area contributed by atoms with Gasteiger partial charge in [-0.15, -0.1) is 0 Å². The molecule has 4 rings (SSSR count). The molecule has 0 radical (unpaired) electrons. The van der Waals surface area contributed by atoms with E-state index >= 15 is 0 Å². The first kappa shape index (κ1) is 18.4. The molecule has 4 aliphatic rings. The summed E-state index contributed by atoms with van der Waals surface area (Å²) in [7, 11) is 3.51. The van der Waals surface area contributed by atoms with Crippen LogP contribution in [0.2, 0.25) is 0 Å². The van der Waals surface area contributed by atoms with Crippen LogP contribution in [0.5, 0.6) is 0 Å². The number of fused-ring (bicyclic) bond motifs is 3. The van der Waals surface area contributed by atoms with E-state index in [0.29, 0.717) is 12.0 Å². The second kappa shape index (κ2) is 8.82. The van der Waals surface area contributed by atoms with Crippen molar-refractivity contribution in [1.29, 1.82) is 0 Å². The van der Waals surface area contributed by atoms with Crippen molar-refractivity contribution in [2.24, 2.45) is 4.99 Å². The van der Waals surface area contributed by atoms with Gasteiger partial charge in [0.2, 0.25) is 5.91 Å². The van der Waals surface area contributed by atoms with E-state index in [4.69, 9.17) is 4.74 Å². The number of nitrogens with one attached hydrogen (secondary N) is 2. The largest absolute Gasteiger partial charge is 0.376 e. The van der Waals surface area contributed by atoms with E-state index in [0.717, 1.165) is 52.2 Å². The Labute approximate surface area is 150 Å². The van der Waals surface area contributed by atoms with Gasteiger partial charge in [-0.25, -0.2) is 4.99 Å². The SMILES string of the molecule is CN(C)C(=O)CN=C(NCC1CCCO1)NCC1CN2CCN1CC2. The van der Waals surface area contributed by atoms with Crippen molar-refractivity contribution < 1.29 is 9.53 Å². The number of piperazine rings is 3. The van der Waals surface area contributed by atoms with Gasteiger partial charge in [0, 0.05) is 72.6 Å². The van der Waals surface area contributed by atoms with Crippen LogP contribution >= 0.6 is 0 Å². The van der Waals surface area contributed by atoms with E-state index in [9.17, 15) is 4.79 Å². The van der Waals surface area contributed by atoms with Crippen molar-refractivity contribution in [2.75, 3.05) is 73.1 Å². The Kier molecular flexibility index (Phi) is 6.50. The van der Waals surface area contributed by atoms with Gasteiger partial charge in [0.25, 0.3) is 0 Å². The second-order valence-electron chi connectivity index (χ2n) is 7.34. The Morgan fingerprint density at radius 2 is 1.96 bits per heavy atom. The van der Waals surface area contributed by atoms with Crippen LogP contribution in [0, 0.1) is 0 Å². The Hall–Kier alpha value is -1.38. The highest BCUT2D eigenvalue weighted by Crippen LogP contribution is 2.14. The molecule has 8 heteroatoms. The molecule has 25 heavy (non-hydrogen) atoms. The minimum Gasteiger partial charge on any atom is -0.376 e. The molecule has 2 bridgehead atoms. The van der Waals surface area contributed by atoms with Gasteiger partial charge in [-0.05, 0) is 12.8 Å². The monoisotopic (exact) mass is 352 g/mol. The average Bonchev–Trinajstić information content (AvgIpc) is 3.15. The Bertz CT molecular complexity index is 470. The van der Waals surface area contributed by atoms with Gasteiger partial charge in [0.05, 0.1) is 6.10 Å².